The number of benzene rings is 2. The zero-order valence-corrected chi connectivity index (χ0v) is 19.2. The van der Waals surface area contributed by atoms with Crippen LogP contribution in [0.2, 0.25) is 0 Å². The summed E-state index contributed by atoms with van der Waals surface area (Å²) in [5.41, 5.74) is 2.83. The number of aromatic nitrogens is 5. The fourth-order valence-electron chi connectivity index (χ4n) is 4.57. The molecule has 0 fully saturated rings. The molecular weight excluding hydrogens is 482 g/mol. The van der Waals surface area contributed by atoms with Gasteiger partial charge >= 0.3 is 11.9 Å². The van der Waals surface area contributed by atoms with Crippen molar-refractivity contribution in [3.63, 3.8) is 0 Å². The Hall–Kier alpha value is -4.80. The molecule has 1 aliphatic heterocycles. The van der Waals surface area contributed by atoms with E-state index in [1.165, 1.54) is 23.1 Å². The number of nitrogens with zero attached hydrogens (tertiary/aromatic N) is 6. The van der Waals surface area contributed by atoms with Crippen LogP contribution in [0.4, 0.5) is 14.5 Å². The number of carboxylic acids is 1. The minimum atomic E-state index is -3.48. The number of amides is 1. The van der Waals surface area contributed by atoms with E-state index in [4.69, 9.17) is 5.11 Å². The Morgan fingerprint density at radius 3 is 2.73 bits per heavy atom. The molecule has 9 nitrogen and oxygen atoms in total. The van der Waals surface area contributed by atoms with E-state index in [0.717, 1.165) is 10.1 Å². The summed E-state index contributed by atoms with van der Waals surface area (Å²) in [6, 6.07) is 15.9. The summed E-state index contributed by atoms with van der Waals surface area (Å²) < 4.78 is 32.3. The Kier molecular flexibility index (Phi) is 5.14. The Morgan fingerprint density at radius 2 is 1.89 bits per heavy atom. The molecule has 0 atom stereocenters. The molecule has 37 heavy (non-hydrogen) atoms. The highest BCUT2D eigenvalue weighted by molar-refractivity contribution is 6.00. The third-order valence-corrected chi connectivity index (χ3v) is 6.38. The van der Waals surface area contributed by atoms with Crippen LogP contribution in [-0.4, -0.2) is 48.3 Å². The first-order chi connectivity index (χ1) is 17.8. The Labute approximate surface area is 208 Å². The van der Waals surface area contributed by atoms with Gasteiger partial charge in [-0.05, 0) is 54.4 Å². The Balaban J connectivity index is 1.40. The van der Waals surface area contributed by atoms with Crippen LogP contribution in [0.3, 0.4) is 0 Å². The molecule has 0 spiro atoms. The van der Waals surface area contributed by atoms with Crippen molar-refractivity contribution in [3.05, 3.63) is 83.8 Å². The van der Waals surface area contributed by atoms with Crippen LogP contribution in [0.25, 0.3) is 27.8 Å². The van der Waals surface area contributed by atoms with Gasteiger partial charge in [-0.2, -0.15) is 18.4 Å². The van der Waals surface area contributed by atoms with Crippen molar-refractivity contribution >= 4 is 34.1 Å². The second kappa shape index (κ2) is 8.40. The van der Waals surface area contributed by atoms with Crippen LogP contribution in [0, 0.1) is 0 Å². The lowest BCUT2D eigenvalue weighted by atomic mass is 9.97. The Bertz CT molecular complexity index is 1720. The molecule has 5 aromatic rings. The molecule has 2 aromatic carbocycles. The zero-order chi connectivity index (χ0) is 25.7. The van der Waals surface area contributed by atoms with E-state index >= 15 is 8.78 Å². The number of carbonyl (C=O) groups is 2. The van der Waals surface area contributed by atoms with Gasteiger partial charge in [-0.3, -0.25) is 14.6 Å². The number of rotatable bonds is 5. The minimum absolute atomic E-state index is 0.164. The summed E-state index contributed by atoms with van der Waals surface area (Å²) in [5.74, 6) is -5.48. The van der Waals surface area contributed by atoms with E-state index in [9.17, 15) is 9.59 Å². The van der Waals surface area contributed by atoms with Gasteiger partial charge in [0.1, 0.15) is 6.54 Å². The van der Waals surface area contributed by atoms with E-state index in [1.807, 2.05) is 0 Å². The molecule has 0 radical (unpaired) electrons. The molecule has 1 aliphatic rings. The van der Waals surface area contributed by atoms with Gasteiger partial charge in [0.2, 0.25) is 11.7 Å². The molecule has 0 saturated carbocycles. The second-order valence-electron chi connectivity index (χ2n) is 8.71. The average Bonchev–Trinajstić information content (AvgIpc) is 3.34. The van der Waals surface area contributed by atoms with E-state index in [2.05, 4.69) is 20.3 Å². The van der Waals surface area contributed by atoms with E-state index in [-0.39, 0.29) is 23.5 Å². The monoisotopic (exact) mass is 500 g/mol. The summed E-state index contributed by atoms with van der Waals surface area (Å²) in [6.07, 6.45) is 2.21. The molecule has 4 heterocycles. The molecule has 0 saturated heterocycles. The van der Waals surface area contributed by atoms with Gasteiger partial charge in [0.25, 0.3) is 0 Å². The van der Waals surface area contributed by atoms with Gasteiger partial charge < -0.3 is 10.0 Å². The predicted molar refractivity (Wildman–Crippen MR) is 129 cm³/mol. The molecule has 184 valence electrons. The van der Waals surface area contributed by atoms with E-state index in [1.54, 1.807) is 48.7 Å². The number of halogens is 2. The third kappa shape index (κ3) is 3.84. The van der Waals surface area contributed by atoms with Crippen molar-refractivity contribution < 1.29 is 23.5 Å². The van der Waals surface area contributed by atoms with Gasteiger partial charge in [-0.1, -0.05) is 18.2 Å². The lowest BCUT2D eigenvalue weighted by molar-refractivity contribution is -0.136. The highest BCUT2D eigenvalue weighted by atomic mass is 19.3. The van der Waals surface area contributed by atoms with Crippen LogP contribution in [0.5, 0.6) is 0 Å². The SMILES string of the molecule is O=C(O)CN1C(=O)CCc2cc(-c3ccc4nnc(C(F)(F)c5ccc6ncccc6c5)n4n3)ccc21. The van der Waals surface area contributed by atoms with Gasteiger partial charge in [0.05, 0.1) is 11.2 Å². The lowest BCUT2D eigenvalue weighted by Gasteiger charge is -2.28. The smallest absolute Gasteiger partial charge is 0.333 e. The highest BCUT2D eigenvalue weighted by Crippen LogP contribution is 2.36. The normalized spacial score (nSPS) is 13.8. The van der Waals surface area contributed by atoms with Crippen LogP contribution in [0.15, 0.2) is 66.9 Å². The molecule has 0 unspecified atom stereocenters. The number of carboxylic acid groups (broad SMARTS) is 1. The minimum Gasteiger partial charge on any atom is -0.480 e. The average molecular weight is 500 g/mol. The van der Waals surface area contributed by atoms with Crippen molar-refractivity contribution in [3.8, 4) is 11.3 Å². The standard InChI is InChI=1S/C26H18F2N6O3/c27-26(28,18-5-6-19-15(13-18)2-1-11-29-19)25-31-30-22-9-7-20(32-34(22)25)16-3-8-21-17(12-16)4-10-23(35)33(21)14-24(36)37/h1-3,5-9,11-13H,4,10,14H2,(H,36,37). The number of pyridine rings is 1. The largest absolute Gasteiger partial charge is 0.480 e. The number of alkyl halides is 2. The maximum Gasteiger partial charge on any atom is 0.333 e. The van der Waals surface area contributed by atoms with Crippen molar-refractivity contribution in [2.75, 3.05) is 11.4 Å². The first-order valence-electron chi connectivity index (χ1n) is 11.4. The molecular formula is C26H18F2N6O3. The summed E-state index contributed by atoms with van der Waals surface area (Å²) in [5, 5.41) is 21.8. The maximum absolute atomic E-state index is 15.7. The summed E-state index contributed by atoms with van der Waals surface area (Å²) in [7, 11) is 0. The molecule has 3 aromatic heterocycles. The molecule has 11 heteroatoms. The number of hydrogen-bond acceptors (Lipinski definition) is 6. The van der Waals surface area contributed by atoms with Crippen molar-refractivity contribution in [1.82, 2.24) is 24.8 Å². The topological polar surface area (TPSA) is 114 Å². The van der Waals surface area contributed by atoms with E-state index < -0.39 is 24.3 Å². The molecule has 0 aliphatic carbocycles. The van der Waals surface area contributed by atoms with Crippen LogP contribution in [-0.2, 0) is 21.9 Å². The van der Waals surface area contributed by atoms with Crippen LogP contribution < -0.4 is 4.90 Å². The van der Waals surface area contributed by atoms with Crippen molar-refractivity contribution in [1.29, 1.82) is 0 Å². The van der Waals surface area contributed by atoms with Crippen LogP contribution in [0.1, 0.15) is 23.4 Å². The number of anilines is 1. The van der Waals surface area contributed by atoms with Crippen LogP contribution >= 0.6 is 0 Å². The van der Waals surface area contributed by atoms with Gasteiger partial charge in [0.15, 0.2) is 5.65 Å². The van der Waals surface area contributed by atoms with Gasteiger partial charge in [-0.25, -0.2) is 0 Å². The summed E-state index contributed by atoms with van der Waals surface area (Å²) >= 11 is 0. The first kappa shape index (κ1) is 22.7. The Morgan fingerprint density at radius 1 is 1.03 bits per heavy atom. The maximum atomic E-state index is 15.7. The quantitative estimate of drug-likeness (QED) is 0.390. The molecule has 0 bridgehead atoms. The van der Waals surface area contributed by atoms with Gasteiger partial charge in [0, 0.05) is 34.8 Å². The second-order valence-corrected chi connectivity index (χ2v) is 8.71. The number of fused-ring (bicyclic) bond motifs is 3. The van der Waals surface area contributed by atoms with Gasteiger partial charge in [-0.15, -0.1) is 10.2 Å². The highest BCUT2D eigenvalue weighted by Gasteiger charge is 2.40. The molecule has 1 amide bonds. The number of aliphatic carboxylic acids is 1. The first-order valence-corrected chi connectivity index (χ1v) is 11.4. The third-order valence-electron chi connectivity index (χ3n) is 6.38. The number of carbonyl (C=O) groups excluding carboxylic acids is 1. The fourth-order valence-corrected chi connectivity index (χ4v) is 4.57. The zero-order valence-electron chi connectivity index (χ0n) is 19.2. The predicted octanol–water partition coefficient (Wildman–Crippen LogP) is 3.84. The number of hydrogen-bond donors (Lipinski definition) is 1. The summed E-state index contributed by atoms with van der Waals surface area (Å²) in [4.78, 5) is 28.9. The number of aryl methyl sites for hydroxylation is 1. The molecule has 6 rings (SSSR count). The lowest BCUT2D eigenvalue weighted by Crippen LogP contribution is -2.38. The fraction of sp³-hybridized carbons (Fsp3) is 0.154. The summed E-state index contributed by atoms with van der Waals surface area (Å²) in [6.45, 7) is -0.431. The van der Waals surface area contributed by atoms with Crippen molar-refractivity contribution in [2.24, 2.45) is 0 Å². The molecule has 1 N–H and O–H groups in total. The van der Waals surface area contributed by atoms with Crippen molar-refractivity contribution in [2.45, 2.75) is 18.8 Å². The van der Waals surface area contributed by atoms with E-state index in [0.29, 0.717) is 34.3 Å².